The fraction of sp³-hybridized carbons (Fsp3) is 0.417. The summed E-state index contributed by atoms with van der Waals surface area (Å²) in [5, 5.41) is 8.77. The Morgan fingerprint density at radius 3 is 2.94 bits per heavy atom. The molecule has 0 spiro atoms. The molecule has 3 nitrogen and oxygen atoms in total. The Bertz CT molecular complexity index is 431. The first-order valence-electron chi connectivity index (χ1n) is 5.36. The lowest BCUT2D eigenvalue weighted by molar-refractivity contribution is -0.137. The van der Waals surface area contributed by atoms with Crippen LogP contribution >= 0.6 is 15.9 Å². The van der Waals surface area contributed by atoms with Gasteiger partial charge in [-0.1, -0.05) is 15.9 Å². The van der Waals surface area contributed by atoms with E-state index in [1.807, 2.05) is 6.07 Å². The third kappa shape index (κ3) is 2.28. The molecule has 0 heterocycles. The molecule has 86 valence electrons. The molecule has 1 unspecified atom stereocenters. The van der Waals surface area contributed by atoms with Crippen molar-refractivity contribution < 1.29 is 9.90 Å². The van der Waals surface area contributed by atoms with Gasteiger partial charge in [0.05, 0.1) is 6.42 Å². The SMILES string of the molecule is NC(CC(=O)O)c1cc(Br)cc2c1CCC2. The Kier molecular flexibility index (Phi) is 3.30. The Morgan fingerprint density at radius 1 is 1.50 bits per heavy atom. The number of fused-ring (bicyclic) bond motifs is 1. The zero-order chi connectivity index (χ0) is 11.7. The van der Waals surface area contributed by atoms with Crippen LogP contribution in [0.1, 0.15) is 35.6 Å². The van der Waals surface area contributed by atoms with E-state index < -0.39 is 12.0 Å². The maximum atomic E-state index is 10.7. The van der Waals surface area contributed by atoms with Crippen LogP contribution in [0.3, 0.4) is 0 Å². The minimum absolute atomic E-state index is 0.0110. The van der Waals surface area contributed by atoms with Gasteiger partial charge in [-0.25, -0.2) is 0 Å². The minimum Gasteiger partial charge on any atom is -0.481 e. The third-order valence-electron chi connectivity index (χ3n) is 3.01. The number of benzene rings is 1. The largest absolute Gasteiger partial charge is 0.481 e. The molecule has 0 aromatic heterocycles. The summed E-state index contributed by atoms with van der Waals surface area (Å²) in [6.45, 7) is 0. The molecule has 0 aliphatic heterocycles. The molecule has 1 aromatic rings. The van der Waals surface area contributed by atoms with Gasteiger partial charge in [-0.3, -0.25) is 4.79 Å². The fourth-order valence-electron chi connectivity index (χ4n) is 2.33. The lowest BCUT2D eigenvalue weighted by atomic mass is 9.96. The Balaban J connectivity index is 2.36. The van der Waals surface area contributed by atoms with E-state index in [2.05, 4.69) is 22.0 Å². The number of carboxylic acid groups (broad SMARTS) is 1. The van der Waals surface area contributed by atoms with Crippen LogP contribution in [0, 0.1) is 0 Å². The van der Waals surface area contributed by atoms with Crippen molar-refractivity contribution in [3.63, 3.8) is 0 Å². The van der Waals surface area contributed by atoms with E-state index in [1.165, 1.54) is 11.1 Å². The second-order valence-electron chi connectivity index (χ2n) is 4.19. The van der Waals surface area contributed by atoms with Gasteiger partial charge in [0.1, 0.15) is 0 Å². The summed E-state index contributed by atoms with van der Waals surface area (Å²) in [6, 6.07) is 3.67. The standard InChI is InChI=1S/C12H14BrNO2/c13-8-4-7-2-1-3-9(7)10(5-8)11(14)6-12(15)16/h4-5,11H,1-3,6,14H2,(H,15,16). The quantitative estimate of drug-likeness (QED) is 0.896. The Labute approximate surface area is 103 Å². The van der Waals surface area contributed by atoms with Crippen LogP contribution in [0.25, 0.3) is 0 Å². The number of carboxylic acids is 1. The summed E-state index contributed by atoms with van der Waals surface area (Å²) < 4.78 is 0.990. The van der Waals surface area contributed by atoms with Crippen molar-refractivity contribution in [2.45, 2.75) is 31.7 Å². The van der Waals surface area contributed by atoms with Crippen LogP contribution in [-0.4, -0.2) is 11.1 Å². The van der Waals surface area contributed by atoms with Crippen LogP contribution in [0.15, 0.2) is 16.6 Å². The summed E-state index contributed by atoms with van der Waals surface area (Å²) in [6.07, 6.45) is 3.22. The third-order valence-corrected chi connectivity index (χ3v) is 3.47. The zero-order valence-electron chi connectivity index (χ0n) is 8.87. The van der Waals surface area contributed by atoms with Gasteiger partial charge in [-0.15, -0.1) is 0 Å². The fourth-order valence-corrected chi connectivity index (χ4v) is 2.85. The average molecular weight is 284 g/mol. The first kappa shape index (κ1) is 11.6. The molecule has 16 heavy (non-hydrogen) atoms. The molecule has 2 rings (SSSR count). The predicted molar refractivity (Wildman–Crippen MR) is 65.3 cm³/mol. The topological polar surface area (TPSA) is 63.3 Å². The number of hydrogen-bond acceptors (Lipinski definition) is 2. The summed E-state index contributed by atoms with van der Waals surface area (Å²) in [4.78, 5) is 10.7. The van der Waals surface area contributed by atoms with E-state index in [-0.39, 0.29) is 6.42 Å². The first-order chi connectivity index (χ1) is 7.58. The van der Waals surface area contributed by atoms with Crippen molar-refractivity contribution >= 4 is 21.9 Å². The molecular weight excluding hydrogens is 270 g/mol. The lowest BCUT2D eigenvalue weighted by Gasteiger charge is -2.15. The second kappa shape index (κ2) is 4.55. The van der Waals surface area contributed by atoms with Gasteiger partial charge in [-0.2, -0.15) is 0 Å². The number of rotatable bonds is 3. The lowest BCUT2D eigenvalue weighted by Crippen LogP contribution is -2.16. The van der Waals surface area contributed by atoms with Crippen molar-refractivity contribution in [2.75, 3.05) is 0 Å². The molecule has 4 heteroatoms. The molecule has 3 N–H and O–H groups in total. The van der Waals surface area contributed by atoms with E-state index in [0.717, 1.165) is 29.3 Å². The molecule has 1 atom stereocenters. The number of halogens is 1. The van der Waals surface area contributed by atoms with Crippen LogP contribution < -0.4 is 5.73 Å². The van der Waals surface area contributed by atoms with Gasteiger partial charge in [0.25, 0.3) is 0 Å². The second-order valence-corrected chi connectivity index (χ2v) is 5.11. The number of aliphatic carboxylic acids is 1. The normalized spacial score (nSPS) is 15.9. The minimum atomic E-state index is -0.848. The van der Waals surface area contributed by atoms with Crippen LogP contribution in [0.2, 0.25) is 0 Å². The number of aryl methyl sites for hydroxylation is 1. The molecule has 0 saturated carbocycles. The van der Waals surface area contributed by atoms with Crippen LogP contribution in [0.4, 0.5) is 0 Å². The van der Waals surface area contributed by atoms with Crippen molar-refractivity contribution in [1.29, 1.82) is 0 Å². The maximum absolute atomic E-state index is 10.7. The summed E-state index contributed by atoms with van der Waals surface area (Å²) >= 11 is 3.45. The van der Waals surface area contributed by atoms with Gasteiger partial charge in [0.15, 0.2) is 0 Å². The van der Waals surface area contributed by atoms with Crippen molar-refractivity contribution in [3.8, 4) is 0 Å². The molecule has 1 aliphatic carbocycles. The van der Waals surface area contributed by atoms with Gasteiger partial charge < -0.3 is 10.8 Å². The van der Waals surface area contributed by atoms with Crippen molar-refractivity contribution in [2.24, 2.45) is 5.73 Å². The molecule has 0 amide bonds. The highest BCUT2D eigenvalue weighted by atomic mass is 79.9. The molecule has 0 fully saturated rings. The van der Waals surface area contributed by atoms with Gasteiger partial charge in [0, 0.05) is 10.5 Å². The van der Waals surface area contributed by atoms with Gasteiger partial charge in [0.2, 0.25) is 0 Å². The molecule has 1 aromatic carbocycles. The Morgan fingerprint density at radius 2 is 2.25 bits per heavy atom. The first-order valence-corrected chi connectivity index (χ1v) is 6.16. The van der Waals surface area contributed by atoms with Crippen molar-refractivity contribution in [3.05, 3.63) is 33.3 Å². The highest BCUT2D eigenvalue weighted by Crippen LogP contribution is 2.32. The smallest absolute Gasteiger partial charge is 0.305 e. The predicted octanol–water partition coefficient (Wildman–Crippen LogP) is 2.41. The number of hydrogen-bond donors (Lipinski definition) is 2. The summed E-state index contributed by atoms with van der Waals surface area (Å²) in [5.41, 5.74) is 9.50. The molecule has 0 radical (unpaired) electrons. The maximum Gasteiger partial charge on any atom is 0.305 e. The highest BCUT2D eigenvalue weighted by molar-refractivity contribution is 9.10. The number of nitrogens with two attached hydrogens (primary N) is 1. The summed E-state index contributed by atoms with van der Waals surface area (Å²) in [5.74, 6) is -0.848. The van der Waals surface area contributed by atoms with Gasteiger partial charge in [-0.05, 0) is 48.1 Å². The van der Waals surface area contributed by atoms with E-state index in [4.69, 9.17) is 10.8 Å². The Hall–Kier alpha value is -0.870. The van der Waals surface area contributed by atoms with E-state index in [1.54, 1.807) is 0 Å². The monoisotopic (exact) mass is 283 g/mol. The number of carbonyl (C=O) groups is 1. The average Bonchev–Trinajstić information content (AvgIpc) is 2.62. The van der Waals surface area contributed by atoms with Crippen LogP contribution in [-0.2, 0) is 17.6 Å². The van der Waals surface area contributed by atoms with E-state index in [0.29, 0.717) is 0 Å². The molecule has 0 saturated heterocycles. The van der Waals surface area contributed by atoms with Crippen molar-refractivity contribution in [1.82, 2.24) is 0 Å². The van der Waals surface area contributed by atoms with E-state index >= 15 is 0 Å². The molecular formula is C12H14BrNO2. The molecule has 1 aliphatic rings. The van der Waals surface area contributed by atoms with Gasteiger partial charge >= 0.3 is 5.97 Å². The van der Waals surface area contributed by atoms with Crippen LogP contribution in [0.5, 0.6) is 0 Å². The van der Waals surface area contributed by atoms with E-state index in [9.17, 15) is 4.79 Å². The summed E-state index contributed by atoms with van der Waals surface area (Å²) in [7, 11) is 0. The highest BCUT2D eigenvalue weighted by Gasteiger charge is 2.20. The zero-order valence-corrected chi connectivity index (χ0v) is 10.5. The molecule has 0 bridgehead atoms.